The van der Waals surface area contributed by atoms with Crippen LogP contribution in [0.1, 0.15) is 32.1 Å². The van der Waals surface area contributed by atoms with Gasteiger partial charge in [0.15, 0.2) is 9.84 Å². The van der Waals surface area contributed by atoms with E-state index >= 15 is 0 Å². The summed E-state index contributed by atoms with van der Waals surface area (Å²) in [6, 6.07) is 7.41. The van der Waals surface area contributed by atoms with E-state index in [2.05, 4.69) is 10.3 Å². The minimum absolute atomic E-state index is 0.117. The van der Waals surface area contributed by atoms with Crippen molar-refractivity contribution in [1.29, 1.82) is 0 Å². The number of nitrogens with zero attached hydrogens (tertiary/aromatic N) is 3. The molecule has 2 N–H and O–H groups in total. The molecule has 1 aromatic carbocycles. The Morgan fingerprint density at radius 1 is 1.13 bits per heavy atom. The van der Waals surface area contributed by atoms with Crippen LogP contribution in [0.3, 0.4) is 0 Å². The Morgan fingerprint density at radius 2 is 1.91 bits per heavy atom. The van der Waals surface area contributed by atoms with Crippen LogP contribution in [0.15, 0.2) is 46.3 Å². The number of amides is 1. The summed E-state index contributed by atoms with van der Waals surface area (Å²) >= 11 is 0. The van der Waals surface area contributed by atoms with Gasteiger partial charge in [-0.1, -0.05) is 6.07 Å². The monoisotopic (exact) mass is 666 g/mol. The number of pyridine rings is 1. The number of anilines is 1. The van der Waals surface area contributed by atoms with E-state index in [1.54, 1.807) is 18.2 Å². The first kappa shape index (κ1) is 31.8. The van der Waals surface area contributed by atoms with E-state index in [-0.39, 0.29) is 54.0 Å². The van der Waals surface area contributed by atoms with Gasteiger partial charge in [-0.3, -0.25) is 0 Å². The minimum Gasteiger partial charge on any atom is -0.491 e. The van der Waals surface area contributed by atoms with Gasteiger partial charge in [-0.2, -0.15) is 4.31 Å². The highest BCUT2D eigenvalue weighted by atomic mass is 32.2. The van der Waals surface area contributed by atoms with Crippen LogP contribution in [0.25, 0.3) is 0 Å². The van der Waals surface area contributed by atoms with Crippen LogP contribution in [-0.4, -0.2) is 113 Å². The van der Waals surface area contributed by atoms with Crippen LogP contribution in [0.4, 0.5) is 10.5 Å². The summed E-state index contributed by atoms with van der Waals surface area (Å²) in [6.07, 6.45) is 2.25. The zero-order chi connectivity index (χ0) is 31.8. The first-order chi connectivity index (χ1) is 21.4. The average molecular weight is 667 g/mol. The van der Waals surface area contributed by atoms with Crippen molar-refractivity contribution in [2.45, 2.75) is 64.9 Å². The zero-order valence-electron chi connectivity index (χ0n) is 25.0. The van der Waals surface area contributed by atoms with Crippen molar-refractivity contribution in [3.63, 3.8) is 0 Å². The summed E-state index contributed by atoms with van der Waals surface area (Å²) in [5.41, 5.74) is 0.0865. The van der Waals surface area contributed by atoms with Crippen LogP contribution in [0.5, 0.6) is 11.6 Å². The molecule has 0 bridgehead atoms. The number of alkyl carbamates (subject to hydrolysis) is 1. The van der Waals surface area contributed by atoms with E-state index in [0.29, 0.717) is 62.6 Å². The third kappa shape index (κ3) is 6.99. The topological polar surface area (TPSA) is 174 Å². The molecule has 4 heterocycles. The predicted octanol–water partition coefficient (Wildman–Crippen LogP) is 1.32. The number of hydrogen-bond donors (Lipinski definition) is 2. The second-order valence-corrected chi connectivity index (χ2v) is 16.2. The van der Waals surface area contributed by atoms with Crippen molar-refractivity contribution < 1.29 is 45.7 Å². The van der Waals surface area contributed by atoms with Crippen LogP contribution in [0, 0.1) is 0 Å². The quantitative estimate of drug-likeness (QED) is 0.373. The molecular formula is C29H38N4O10S2. The Balaban J connectivity index is 0.935. The maximum atomic E-state index is 13.4. The number of benzene rings is 1. The number of aromatic nitrogens is 1. The van der Waals surface area contributed by atoms with Gasteiger partial charge in [0, 0.05) is 20.1 Å². The number of piperidine rings is 1. The van der Waals surface area contributed by atoms with E-state index in [1.165, 1.54) is 22.6 Å². The highest BCUT2D eigenvalue weighted by Gasteiger charge is 2.45. The zero-order valence-corrected chi connectivity index (χ0v) is 26.6. The number of nitrogens with one attached hydrogen (secondary N) is 1. The van der Waals surface area contributed by atoms with Crippen LogP contribution >= 0.6 is 0 Å². The molecule has 3 aliphatic heterocycles. The van der Waals surface area contributed by atoms with Crippen molar-refractivity contribution in [2.24, 2.45) is 0 Å². The van der Waals surface area contributed by atoms with E-state index < -0.39 is 37.7 Å². The number of carbonyl (C=O) groups excluding carboxylic acids is 1. The summed E-state index contributed by atoms with van der Waals surface area (Å²) in [4.78, 5) is 18.9. The van der Waals surface area contributed by atoms with Gasteiger partial charge in [-0.05, 0) is 56.4 Å². The maximum Gasteiger partial charge on any atom is 0.407 e. The Bertz CT molecular complexity index is 1630. The number of ether oxygens (including phenoxy) is 4. The highest BCUT2D eigenvalue weighted by Crippen LogP contribution is 2.38. The smallest absolute Gasteiger partial charge is 0.407 e. The van der Waals surface area contributed by atoms with Gasteiger partial charge in [0.05, 0.1) is 41.1 Å². The van der Waals surface area contributed by atoms with Gasteiger partial charge in [0.2, 0.25) is 15.9 Å². The van der Waals surface area contributed by atoms with Crippen LogP contribution in [-0.2, 0) is 29.3 Å². The molecule has 1 unspecified atom stereocenters. The lowest BCUT2D eigenvalue weighted by molar-refractivity contribution is -0.0312. The van der Waals surface area contributed by atoms with Gasteiger partial charge >= 0.3 is 6.09 Å². The van der Waals surface area contributed by atoms with Crippen LogP contribution < -0.4 is 19.7 Å². The molecule has 2 saturated heterocycles. The number of sulfone groups is 1. The van der Waals surface area contributed by atoms with Crippen molar-refractivity contribution >= 4 is 31.6 Å². The van der Waals surface area contributed by atoms with E-state index in [9.17, 15) is 26.7 Å². The number of hydrogen-bond acceptors (Lipinski definition) is 12. The molecule has 6 rings (SSSR count). The van der Waals surface area contributed by atoms with Crippen molar-refractivity contribution in [3.8, 4) is 11.6 Å². The molecule has 1 saturated carbocycles. The fourth-order valence-electron chi connectivity index (χ4n) is 5.85. The summed E-state index contributed by atoms with van der Waals surface area (Å²) < 4.78 is 75.4. The summed E-state index contributed by atoms with van der Waals surface area (Å²) in [5, 5.41) is 12.7. The number of carbonyl (C=O) groups is 1. The standard InChI is InChI=1S/C29H38N4O10S2/c1-32-11-12-40-27-26(32)14-25(16-30-27)45(38,39)33-9-7-29(8-10-33)15-20(17-43-29)31-28(35)42-19-21(34)18-41-22-3-2-4-24(13-22)44(36,37)23-5-6-23/h2-4,13-14,16,20-21,23,34H,5-12,15,17-19H2,1H3,(H,31,35)/t20-,21?/m1/s1. The van der Waals surface area contributed by atoms with E-state index in [1.807, 2.05) is 11.9 Å². The molecule has 1 amide bonds. The molecule has 2 atom stereocenters. The Hall–Kier alpha value is -3.18. The highest BCUT2D eigenvalue weighted by molar-refractivity contribution is 7.92. The van der Waals surface area contributed by atoms with Gasteiger partial charge < -0.3 is 34.3 Å². The number of fused-ring (bicyclic) bond motifs is 1. The predicted molar refractivity (Wildman–Crippen MR) is 161 cm³/mol. The second-order valence-electron chi connectivity index (χ2n) is 12.0. The summed E-state index contributed by atoms with van der Waals surface area (Å²) in [5.74, 6) is 0.720. The molecule has 0 radical (unpaired) electrons. The van der Waals surface area contributed by atoms with Crippen LogP contribution in [0.2, 0.25) is 0 Å². The number of aliphatic hydroxyl groups is 1. The molecule has 1 spiro atoms. The molecule has 45 heavy (non-hydrogen) atoms. The number of rotatable bonds is 10. The SMILES string of the molecule is CN1CCOc2ncc(S(=O)(=O)N3CCC4(CC3)C[C@@H](NC(=O)OCC(O)COc3cccc(S(=O)(=O)C5CC5)c3)CO4)cc21. The van der Waals surface area contributed by atoms with Gasteiger partial charge in [-0.15, -0.1) is 0 Å². The molecule has 14 nitrogen and oxygen atoms in total. The number of aliphatic hydroxyl groups excluding tert-OH is 1. The normalized spacial score (nSPS) is 22.4. The molecule has 3 fully saturated rings. The lowest BCUT2D eigenvalue weighted by Crippen LogP contribution is -2.47. The van der Waals surface area contributed by atoms with E-state index in [4.69, 9.17) is 18.9 Å². The van der Waals surface area contributed by atoms with Crippen molar-refractivity contribution in [2.75, 3.05) is 58.0 Å². The lowest BCUT2D eigenvalue weighted by Gasteiger charge is -2.38. The maximum absolute atomic E-state index is 13.4. The number of likely N-dealkylation sites (N-methyl/N-ethyl adjacent to an activating group) is 1. The molecule has 246 valence electrons. The fourth-order valence-corrected chi connectivity index (χ4v) is 8.95. The molecule has 1 aliphatic carbocycles. The van der Waals surface area contributed by atoms with E-state index in [0.717, 1.165) is 0 Å². The molecule has 1 aromatic heterocycles. The molecule has 16 heteroatoms. The first-order valence-electron chi connectivity index (χ1n) is 15.0. The van der Waals surface area contributed by atoms with Crippen molar-refractivity contribution in [3.05, 3.63) is 36.5 Å². The minimum atomic E-state index is -3.76. The van der Waals surface area contributed by atoms with Crippen molar-refractivity contribution in [1.82, 2.24) is 14.6 Å². The first-order valence-corrected chi connectivity index (χ1v) is 18.0. The largest absolute Gasteiger partial charge is 0.491 e. The molecule has 4 aliphatic rings. The third-order valence-corrected chi connectivity index (χ3v) is 12.8. The Kier molecular flexibility index (Phi) is 8.86. The molecule has 2 aromatic rings. The average Bonchev–Trinajstić information content (AvgIpc) is 3.83. The van der Waals surface area contributed by atoms with Gasteiger partial charge in [0.25, 0.3) is 0 Å². The van der Waals surface area contributed by atoms with Gasteiger partial charge in [0.1, 0.15) is 42.3 Å². The van der Waals surface area contributed by atoms with Gasteiger partial charge in [-0.25, -0.2) is 26.6 Å². The second kappa shape index (κ2) is 12.5. The molecular weight excluding hydrogens is 628 g/mol. The number of sulfonamides is 1. The summed E-state index contributed by atoms with van der Waals surface area (Å²) in [7, 11) is -5.26. The fraction of sp³-hybridized carbons (Fsp3) is 0.586. The Morgan fingerprint density at radius 3 is 2.67 bits per heavy atom. The Labute approximate surface area is 262 Å². The summed E-state index contributed by atoms with van der Waals surface area (Å²) in [6.45, 7) is 1.42. The third-order valence-electron chi connectivity index (χ3n) is 8.63. The lowest BCUT2D eigenvalue weighted by atomic mass is 9.88.